The number of halogens is 1. The van der Waals surface area contributed by atoms with Crippen LogP contribution >= 0.6 is 0 Å². The average Bonchev–Trinajstić information content (AvgIpc) is 2.81. The van der Waals surface area contributed by atoms with Crippen molar-refractivity contribution in [2.24, 2.45) is 0 Å². The van der Waals surface area contributed by atoms with E-state index in [1.54, 1.807) is 7.11 Å². The zero-order valence-electron chi connectivity index (χ0n) is 21.1. The summed E-state index contributed by atoms with van der Waals surface area (Å²) < 4.78 is 24.4. The second kappa shape index (κ2) is 13.2. The van der Waals surface area contributed by atoms with E-state index in [0.717, 1.165) is 55.4 Å². The van der Waals surface area contributed by atoms with Gasteiger partial charge in [0.25, 0.3) is 0 Å². The highest BCUT2D eigenvalue weighted by Gasteiger charge is 2.25. The molecule has 2 aromatic rings. The van der Waals surface area contributed by atoms with Crippen LogP contribution < -0.4 is 4.74 Å². The third kappa shape index (κ3) is 6.93. The van der Waals surface area contributed by atoms with Crippen LogP contribution in [-0.2, 0) is 9.53 Å². The van der Waals surface area contributed by atoms with Crippen molar-refractivity contribution < 1.29 is 18.7 Å². The highest BCUT2D eigenvalue weighted by molar-refractivity contribution is 5.69. The minimum absolute atomic E-state index is 0.0799. The highest BCUT2D eigenvalue weighted by Crippen LogP contribution is 2.43. The number of benzene rings is 2. The smallest absolute Gasteiger partial charge is 0.305 e. The molecule has 3 nitrogen and oxygen atoms in total. The number of hydrogen-bond acceptors (Lipinski definition) is 3. The number of methoxy groups -OCH3 is 2. The van der Waals surface area contributed by atoms with Crippen molar-refractivity contribution in [1.82, 2.24) is 0 Å². The Morgan fingerprint density at radius 2 is 1.70 bits per heavy atom. The predicted octanol–water partition coefficient (Wildman–Crippen LogP) is 7.83. The molecule has 0 aliphatic carbocycles. The summed E-state index contributed by atoms with van der Waals surface area (Å²) in [6.07, 6.45) is 10.7. The molecule has 33 heavy (non-hydrogen) atoms. The predicted molar refractivity (Wildman–Crippen MR) is 134 cm³/mol. The summed E-state index contributed by atoms with van der Waals surface area (Å²) in [4.78, 5) is 11.4. The minimum Gasteiger partial charge on any atom is -0.496 e. The number of hydrogen-bond donors (Lipinski definition) is 0. The second-order valence-corrected chi connectivity index (χ2v) is 8.71. The molecule has 0 aliphatic heterocycles. The average molecular weight is 455 g/mol. The van der Waals surface area contributed by atoms with E-state index >= 15 is 0 Å². The summed E-state index contributed by atoms with van der Waals surface area (Å²) in [6, 6.07) is 6.83. The fourth-order valence-corrected chi connectivity index (χ4v) is 4.54. The SMILES string of the molecule is CCCC=Cc1c(C)c(C)c(OC)c(C(CCCCCC(=O)OC)c2ccc(F)cc2)c1C. The van der Waals surface area contributed by atoms with E-state index in [1.807, 2.05) is 12.1 Å². The molecule has 2 aromatic carbocycles. The first-order chi connectivity index (χ1) is 15.8. The molecule has 1 unspecified atom stereocenters. The molecule has 180 valence electrons. The lowest BCUT2D eigenvalue weighted by Crippen LogP contribution is -2.10. The van der Waals surface area contributed by atoms with E-state index < -0.39 is 0 Å². The Kier molecular flexibility index (Phi) is 10.6. The van der Waals surface area contributed by atoms with E-state index in [4.69, 9.17) is 9.47 Å². The molecule has 0 N–H and O–H groups in total. The van der Waals surface area contributed by atoms with Gasteiger partial charge in [-0.15, -0.1) is 0 Å². The first-order valence-corrected chi connectivity index (χ1v) is 12.0. The van der Waals surface area contributed by atoms with Crippen LogP contribution in [0.3, 0.4) is 0 Å². The third-order valence-electron chi connectivity index (χ3n) is 6.53. The van der Waals surface area contributed by atoms with Crippen molar-refractivity contribution in [3.63, 3.8) is 0 Å². The van der Waals surface area contributed by atoms with Crippen LogP contribution in [-0.4, -0.2) is 20.2 Å². The summed E-state index contributed by atoms with van der Waals surface area (Å²) in [7, 11) is 3.16. The topological polar surface area (TPSA) is 35.5 Å². The number of rotatable bonds is 12. The van der Waals surface area contributed by atoms with Gasteiger partial charge in [0.1, 0.15) is 11.6 Å². The fraction of sp³-hybridized carbons (Fsp3) is 0.483. The summed E-state index contributed by atoms with van der Waals surface area (Å²) in [5.74, 6) is 0.598. The number of allylic oxidation sites excluding steroid dienone is 1. The number of carbonyl (C=O) groups is 1. The van der Waals surface area contributed by atoms with Gasteiger partial charge in [0.2, 0.25) is 0 Å². The van der Waals surface area contributed by atoms with Crippen molar-refractivity contribution >= 4 is 12.0 Å². The van der Waals surface area contributed by atoms with Crippen molar-refractivity contribution in [3.05, 3.63) is 69.5 Å². The maximum atomic E-state index is 13.7. The molecule has 0 saturated heterocycles. The lowest BCUT2D eigenvalue weighted by molar-refractivity contribution is -0.140. The molecule has 0 amide bonds. The van der Waals surface area contributed by atoms with Gasteiger partial charge in [-0.1, -0.05) is 50.5 Å². The van der Waals surface area contributed by atoms with E-state index in [9.17, 15) is 9.18 Å². The van der Waals surface area contributed by atoms with Gasteiger partial charge in [0.05, 0.1) is 14.2 Å². The van der Waals surface area contributed by atoms with Crippen molar-refractivity contribution in [1.29, 1.82) is 0 Å². The fourth-order valence-electron chi connectivity index (χ4n) is 4.54. The molecular weight excluding hydrogens is 415 g/mol. The zero-order valence-corrected chi connectivity index (χ0v) is 21.1. The molecule has 0 spiro atoms. The van der Waals surface area contributed by atoms with Gasteiger partial charge >= 0.3 is 5.97 Å². The number of esters is 1. The molecule has 0 aromatic heterocycles. The summed E-state index contributed by atoms with van der Waals surface area (Å²) in [5.41, 5.74) is 7.10. The van der Waals surface area contributed by atoms with Gasteiger partial charge in [-0.2, -0.15) is 0 Å². The zero-order chi connectivity index (χ0) is 24.4. The van der Waals surface area contributed by atoms with Gasteiger partial charge in [-0.3, -0.25) is 4.79 Å². The van der Waals surface area contributed by atoms with Crippen LogP contribution in [0, 0.1) is 26.6 Å². The standard InChI is InChI=1S/C29H39FO3/c1-7-8-10-13-25-20(2)21(3)29(33-6)28(22(25)4)26(23-16-18-24(30)19-17-23)14-11-9-12-15-27(31)32-5/h10,13,16-19,26H,7-9,11-12,14-15H2,1-6H3. The van der Waals surface area contributed by atoms with Crippen molar-refractivity contribution in [3.8, 4) is 5.75 Å². The maximum absolute atomic E-state index is 13.7. The van der Waals surface area contributed by atoms with Gasteiger partial charge in [0, 0.05) is 17.9 Å². The first-order valence-electron chi connectivity index (χ1n) is 12.0. The van der Waals surface area contributed by atoms with E-state index in [-0.39, 0.29) is 17.7 Å². The van der Waals surface area contributed by atoms with Crippen molar-refractivity contribution in [2.75, 3.05) is 14.2 Å². The van der Waals surface area contributed by atoms with Gasteiger partial charge < -0.3 is 9.47 Å². The lowest BCUT2D eigenvalue weighted by Gasteiger charge is -2.27. The molecule has 1 atom stereocenters. The Hall–Kier alpha value is -2.62. The maximum Gasteiger partial charge on any atom is 0.305 e. The van der Waals surface area contributed by atoms with Crippen LogP contribution in [0.1, 0.15) is 91.2 Å². The summed E-state index contributed by atoms with van der Waals surface area (Å²) >= 11 is 0. The second-order valence-electron chi connectivity index (χ2n) is 8.71. The molecule has 2 rings (SSSR count). The number of carbonyl (C=O) groups excluding carboxylic acids is 1. The molecule has 0 bridgehead atoms. The molecular formula is C29H39FO3. The summed E-state index contributed by atoms with van der Waals surface area (Å²) in [5, 5.41) is 0. The molecule has 0 aliphatic rings. The number of ether oxygens (including phenoxy) is 2. The van der Waals surface area contributed by atoms with E-state index in [2.05, 4.69) is 39.8 Å². The monoisotopic (exact) mass is 454 g/mol. The molecule has 0 heterocycles. The van der Waals surface area contributed by atoms with Gasteiger partial charge in [-0.25, -0.2) is 4.39 Å². The Balaban J connectivity index is 2.49. The molecule has 0 radical (unpaired) electrons. The van der Waals surface area contributed by atoms with Crippen LogP contribution in [0.25, 0.3) is 6.08 Å². The Morgan fingerprint density at radius 1 is 1.00 bits per heavy atom. The van der Waals surface area contributed by atoms with Gasteiger partial charge in [-0.05, 0) is 80.0 Å². The van der Waals surface area contributed by atoms with Crippen LogP contribution in [0.2, 0.25) is 0 Å². The van der Waals surface area contributed by atoms with Crippen LogP contribution in [0.5, 0.6) is 5.75 Å². The Labute approximate surface area is 199 Å². The lowest BCUT2D eigenvalue weighted by atomic mass is 9.80. The summed E-state index contributed by atoms with van der Waals surface area (Å²) in [6.45, 7) is 8.62. The van der Waals surface area contributed by atoms with Crippen LogP contribution in [0.15, 0.2) is 30.3 Å². The molecule has 0 saturated carbocycles. The molecule has 0 fully saturated rings. The quantitative estimate of drug-likeness (QED) is 0.242. The number of unbranched alkanes of at least 4 members (excludes halogenated alkanes) is 3. The highest BCUT2D eigenvalue weighted by atomic mass is 19.1. The Bertz CT molecular complexity index is 945. The minimum atomic E-state index is -0.234. The normalized spacial score (nSPS) is 12.2. The molecule has 4 heteroatoms. The third-order valence-corrected chi connectivity index (χ3v) is 6.53. The first kappa shape index (κ1) is 26.6. The largest absolute Gasteiger partial charge is 0.496 e. The van der Waals surface area contributed by atoms with Crippen LogP contribution in [0.4, 0.5) is 4.39 Å². The van der Waals surface area contributed by atoms with Gasteiger partial charge in [0.15, 0.2) is 0 Å². The van der Waals surface area contributed by atoms with E-state index in [1.165, 1.54) is 41.5 Å². The van der Waals surface area contributed by atoms with Crippen molar-refractivity contribution in [2.45, 2.75) is 78.6 Å². The Morgan fingerprint density at radius 3 is 2.30 bits per heavy atom. The van der Waals surface area contributed by atoms with E-state index in [0.29, 0.717) is 6.42 Å².